The maximum Gasteiger partial charge on any atom is 0.312 e. The number of carbonyl (C=O) groups is 2. The fourth-order valence-corrected chi connectivity index (χ4v) is 11.3. The molecule has 0 aromatic heterocycles. The lowest BCUT2D eigenvalue weighted by molar-refractivity contribution is -0.189. The Labute approximate surface area is 294 Å². The summed E-state index contributed by atoms with van der Waals surface area (Å²) in [6.07, 6.45) is 16.6. The molecule has 278 valence electrons. The first-order valence-corrected chi connectivity index (χ1v) is 20.0. The molecule has 6 fully saturated rings. The van der Waals surface area contributed by atoms with Crippen molar-refractivity contribution in [3.05, 3.63) is 4.91 Å². The van der Waals surface area contributed by atoms with Gasteiger partial charge in [-0.05, 0) is 141 Å². The number of rotatable bonds is 10. The molecule has 5 unspecified atom stereocenters. The quantitative estimate of drug-likeness (QED) is 0.157. The van der Waals surface area contributed by atoms with Gasteiger partial charge in [0.05, 0.1) is 27.6 Å². The van der Waals surface area contributed by atoms with Crippen LogP contribution in [0.5, 0.6) is 0 Å². The first-order chi connectivity index (χ1) is 23.1. The molecule has 6 rings (SSSR count). The molecule has 0 spiro atoms. The van der Waals surface area contributed by atoms with E-state index in [2.05, 4.69) is 5.18 Å². The summed E-state index contributed by atoms with van der Waals surface area (Å²) in [5.74, 6) is -1.14. The van der Waals surface area contributed by atoms with Gasteiger partial charge in [-0.1, -0.05) is 56.5 Å². The highest BCUT2D eigenvalue weighted by Gasteiger charge is 2.56. The number of hydrogen-bond acceptors (Lipinski definition) is 9. The first-order valence-electron chi connectivity index (χ1n) is 20.0. The summed E-state index contributed by atoms with van der Waals surface area (Å²) in [5, 5.41) is 38.6. The molecular weight excluding hydrogens is 622 g/mol. The Bertz CT molecular complexity index is 1170. The van der Waals surface area contributed by atoms with Crippen LogP contribution in [0, 0.1) is 39.4 Å². The third-order valence-electron chi connectivity index (χ3n) is 15.6. The Balaban J connectivity index is 1.16. The summed E-state index contributed by atoms with van der Waals surface area (Å²) in [4.78, 5) is 40.6. The van der Waals surface area contributed by atoms with Crippen molar-refractivity contribution < 1.29 is 34.4 Å². The molecule has 0 heterocycles. The lowest BCUT2D eigenvalue weighted by atomic mass is 9.64. The van der Waals surface area contributed by atoms with E-state index in [-0.39, 0.29) is 23.7 Å². The average Bonchev–Trinajstić information content (AvgIpc) is 3.90. The number of ether oxygens (including phenoxy) is 2. The van der Waals surface area contributed by atoms with Crippen molar-refractivity contribution in [2.45, 2.75) is 204 Å². The van der Waals surface area contributed by atoms with Gasteiger partial charge in [-0.25, -0.2) is 0 Å². The van der Waals surface area contributed by atoms with Crippen molar-refractivity contribution >= 4 is 11.9 Å². The fourth-order valence-electron chi connectivity index (χ4n) is 11.3. The van der Waals surface area contributed by atoms with Crippen LogP contribution in [0.2, 0.25) is 0 Å². The smallest absolute Gasteiger partial charge is 0.312 e. The number of hydrogen-bond donors (Lipinski definition) is 3. The van der Waals surface area contributed by atoms with E-state index in [0.717, 1.165) is 116 Å². The van der Waals surface area contributed by atoms with E-state index in [0.29, 0.717) is 25.7 Å². The number of nitroso groups, excluding NO2 is 1. The lowest BCUT2D eigenvalue weighted by Crippen LogP contribution is -2.52. The summed E-state index contributed by atoms with van der Waals surface area (Å²) >= 11 is 0. The van der Waals surface area contributed by atoms with Crippen LogP contribution in [0.15, 0.2) is 5.18 Å². The molecule has 6 aliphatic rings. The summed E-state index contributed by atoms with van der Waals surface area (Å²) in [6.45, 7) is 7.00. The second-order valence-electron chi connectivity index (χ2n) is 18.8. The van der Waals surface area contributed by atoms with Crippen LogP contribution in [0.3, 0.4) is 0 Å². The van der Waals surface area contributed by atoms with Gasteiger partial charge in [0, 0.05) is 0 Å². The summed E-state index contributed by atoms with van der Waals surface area (Å²) in [6, 6.07) is 0. The molecular formula is C40H65NO8. The predicted octanol–water partition coefficient (Wildman–Crippen LogP) is 7.69. The molecule has 0 bridgehead atoms. The zero-order valence-electron chi connectivity index (χ0n) is 30.9. The number of nitrogens with zero attached hydrogens (tertiary/aromatic N) is 1. The molecule has 9 heteroatoms. The van der Waals surface area contributed by atoms with E-state index in [9.17, 15) is 29.8 Å². The molecule has 5 atom stereocenters. The molecule has 9 nitrogen and oxygen atoms in total. The lowest BCUT2D eigenvalue weighted by Gasteiger charge is -2.47. The normalized spacial score (nSPS) is 35.6. The number of carbonyl (C=O) groups excluding carboxylic acids is 2. The van der Waals surface area contributed by atoms with Crippen LogP contribution in [-0.2, 0) is 19.1 Å². The second-order valence-corrected chi connectivity index (χ2v) is 18.8. The predicted molar refractivity (Wildman–Crippen MR) is 186 cm³/mol. The van der Waals surface area contributed by atoms with E-state index < -0.39 is 57.3 Å². The standard InChI is InChI=1S/C40H65NO8/c1-35(2,33(42)48-31-23-27(37(41-47)13-5-6-14-37)21-28(24-31)38(44)15-7-8-16-38)36(3,4)34(43)49-32-25-29(39(45)17-9-10-18-39)22-30(26-32)40(46)19-11-12-20-40/h27-32,44-46H,5-26H2,1-4H3. The van der Waals surface area contributed by atoms with E-state index in [4.69, 9.17) is 9.47 Å². The topological polar surface area (TPSA) is 143 Å². The molecule has 49 heavy (non-hydrogen) atoms. The number of aliphatic hydroxyl groups is 3. The van der Waals surface area contributed by atoms with E-state index in [1.54, 1.807) is 27.7 Å². The van der Waals surface area contributed by atoms with Gasteiger partial charge >= 0.3 is 11.9 Å². The first kappa shape index (κ1) is 37.2. The van der Waals surface area contributed by atoms with Gasteiger partial charge in [-0.2, -0.15) is 4.91 Å². The Morgan fingerprint density at radius 2 is 0.796 bits per heavy atom. The van der Waals surface area contributed by atoms with E-state index >= 15 is 0 Å². The fraction of sp³-hybridized carbons (Fsp3) is 0.950. The second kappa shape index (κ2) is 13.8. The molecule has 0 aliphatic heterocycles. The maximum absolute atomic E-state index is 14.2. The van der Waals surface area contributed by atoms with Crippen LogP contribution < -0.4 is 0 Å². The van der Waals surface area contributed by atoms with Crippen molar-refractivity contribution in [1.82, 2.24) is 0 Å². The zero-order valence-corrected chi connectivity index (χ0v) is 30.9. The molecule has 0 amide bonds. The van der Waals surface area contributed by atoms with Crippen molar-refractivity contribution in [2.24, 2.45) is 39.7 Å². The van der Waals surface area contributed by atoms with Gasteiger partial charge in [-0.15, -0.1) is 0 Å². The highest BCUT2D eigenvalue weighted by Crippen LogP contribution is 2.54. The Morgan fingerprint density at radius 3 is 1.12 bits per heavy atom. The molecule has 0 aromatic rings. The molecule has 0 aromatic carbocycles. The van der Waals surface area contributed by atoms with Crippen LogP contribution in [-0.4, -0.2) is 61.8 Å². The number of esters is 2. The van der Waals surface area contributed by atoms with Crippen molar-refractivity contribution in [2.75, 3.05) is 0 Å². The van der Waals surface area contributed by atoms with Gasteiger partial charge in [0.15, 0.2) is 0 Å². The minimum absolute atomic E-state index is 0.0387. The third-order valence-corrected chi connectivity index (χ3v) is 15.6. The molecule has 0 saturated heterocycles. The molecule has 0 radical (unpaired) electrons. The van der Waals surface area contributed by atoms with Crippen molar-refractivity contribution in [3.63, 3.8) is 0 Å². The van der Waals surface area contributed by atoms with Gasteiger partial charge in [0.1, 0.15) is 17.7 Å². The monoisotopic (exact) mass is 687 g/mol. The summed E-state index contributed by atoms with van der Waals surface area (Å²) in [5.41, 5.74) is -5.49. The highest BCUT2D eigenvalue weighted by molar-refractivity contribution is 5.87. The van der Waals surface area contributed by atoms with Crippen molar-refractivity contribution in [3.8, 4) is 0 Å². The zero-order chi connectivity index (χ0) is 35.3. The van der Waals surface area contributed by atoms with Crippen molar-refractivity contribution in [1.29, 1.82) is 0 Å². The third kappa shape index (κ3) is 7.00. The summed E-state index contributed by atoms with van der Waals surface area (Å²) < 4.78 is 12.6. The Morgan fingerprint density at radius 1 is 0.510 bits per heavy atom. The molecule has 3 N–H and O–H groups in total. The summed E-state index contributed by atoms with van der Waals surface area (Å²) in [7, 11) is 0. The van der Waals surface area contributed by atoms with E-state index in [1.807, 2.05) is 0 Å². The molecule has 6 saturated carbocycles. The van der Waals surface area contributed by atoms with Crippen LogP contribution in [0.1, 0.15) is 169 Å². The highest BCUT2D eigenvalue weighted by atomic mass is 16.6. The maximum atomic E-state index is 14.2. The van der Waals surface area contributed by atoms with Crippen LogP contribution in [0.4, 0.5) is 0 Å². The minimum atomic E-state index is -1.23. The van der Waals surface area contributed by atoms with Crippen LogP contribution >= 0.6 is 0 Å². The van der Waals surface area contributed by atoms with Crippen LogP contribution in [0.25, 0.3) is 0 Å². The van der Waals surface area contributed by atoms with E-state index in [1.165, 1.54) is 0 Å². The Kier molecular flexibility index (Phi) is 10.4. The largest absolute Gasteiger partial charge is 0.462 e. The van der Waals surface area contributed by atoms with Gasteiger partial charge in [-0.3, -0.25) is 9.59 Å². The average molecular weight is 688 g/mol. The molecule has 6 aliphatic carbocycles. The minimum Gasteiger partial charge on any atom is -0.462 e. The van der Waals surface area contributed by atoms with Gasteiger partial charge in [0.2, 0.25) is 0 Å². The SMILES string of the molecule is CC(C)(C(=O)OC1CC(C2(O)CCCC2)CC(C2(O)CCCC2)C1)C(C)(C)C(=O)OC1CC(C2(O)CCCC2)CC(C2(N=O)CCCC2)C1. The van der Waals surface area contributed by atoms with Gasteiger partial charge in [0.25, 0.3) is 0 Å². The van der Waals surface area contributed by atoms with Gasteiger partial charge < -0.3 is 24.8 Å². The Hall–Kier alpha value is -1.58.